The quantitative estimate of drug-likeness (QED) is 0.136. The number of likely N-dealkylation sites (N-methyl/N-ethyl adjacent to an activating group) is 1. The smallest absolute Gasteiger partial charge is 0.312 e. The molecule has 0 aromatic heterocycles. The molecule has 1 aliphatic rings. The number of likely N-dealkylation sites (tertiary alicyclic amines) is 1. The Labute approximate surface area is 218 Å². The third-order valence-corrected chi connectivity index (χ3v) is 6.75. The Hall–Kier alpha value is -2.83. The number of imide groups is 1. The highest BCUT2D eigenvalue weighted by molar-refractivity contribution is 8.00. The molecule has 204 valence electrons. The zero-order valence-electron chi connectivity index (χ0n) is 22.3. The topological polar surface area (TPSA) is 180 Å². The van der Waals surface area contributed by atoms with Crippen LogP contribution in [0.25, 0.3) is 0 Å². The molecule has 7 amide bonds. The number of unbranched alkanes of at least 4 members (excludes halogenated alkanes) is 2. The van der Waals surface area contributed by atoms with Gasteiger partial charge >= 0.3 is 6.03 Å². The summed E-state index contributed by atoms with van der Waals surface area (Å²) in [5, 5.41) is 9.81. The lowest BCUT2D eigenvalue weighted by molar-refractivity contribution is -0.138. The summed E-state index contributed by atoms with van der Waals surface area (Å²) in [6, 6.07) is -2.50. The maximum atomic E-state index is 12.9. The monoisotopic (exact) mass is 529 g/mol. The molecule has 6 N–H and O–H groups in total. The Kier molecular flexibility index (Phi) is 13.1. The van der Waals surface area contributed by atoms with Gasteiger partial charge in [0.1, 0.15) is 12.1 Å². The molecule has 1 unspecified atom stereocenters. The van der Waals surface area contributed by atoms with Crippen LogP contribution < -0.4 is 27.0 Å². The number of hydrogen-bond acceptors (Lipinski definition) is 7. The van der Waals surface area contributed by atoms with Gasteiger partial charge in [-0.1, -0.05) is 20.3 Å². The fourth-order valence-electron chi connectivity index (χ4n) is 3.76. The molecule has 0 aliphatic carbocycles. The molecule has 1 saturated heterocycles. The van der Waals surface area contributed by atoms with Gasteiger partial charge in [-0.3, -0.25) is 28.9 Å². The Bertz CT molecular complexity index is 830. The van der Waals surface area contributed by atoms with E-state index in [9.17, 15) is 28.8 Å². The van der Waals surface area contributed by atoms with Crippen LogP contribution >= 0.6 is 11.8 Å². The number of primary amides is 1. The lowest BCUT2D eigenvalue weighted by Gasteiger charge is -2.25. The van der Waals surface area contributed by atoms with Crippen LogP contribution in [0.15, 0.2) is 0 Å². The molecule has 12 nitrogen and oxygen atoms in total. The van der Waals surface area contributed by atoms with E-state index in [2.05, 4.69) is 21.3 Å². The first-order valence-electron chi connectivity index (χ1n) is 12.8. The summed E-state index contributed by atoms with van der Waals surface area (Å²) in [7, 11) is -0.354. The van der Waals surface area contributed by atoms with Crippen molar-refractivity contribution in [3.05, 3.63) is 0 Å². The SMILES string of the molecule is [2H]CNC(=O)[C@H](CCCNC(N)=O)NC(=O)[C@@H](NC(=O)CCCCCN1C(=O)CC(SC)C1=O)C(C)C. The summed E-state index contributed by atoms with van der Waals surface area (Å²) in [5.41, 5.74) is 5.02. The number of nitrogens with one attached hydrogen (secondary N) is 4. The number of urea groups is 1. The molecule has 0 spiro atoms. The van der Waals surface area contributed by atoms with Gasteiger partial charge in [0, 0.05) is 34.3 Å². The molecular weight excluding hydrogens is 488 g/mol. The third kappa shape index (κ3) is 10.4. The lowest BCUT2D eigenvalue weighted by atomic mass is 10.0. The van der Waals surface area contributed by atoms with Crippen LogP contribution in [0.4, 0.5) is 4.79 Å². The molecule has 0 bridgehead atoms. The van der Waals surface area contributed by atoms with Crippen molar-refractivity contribution in [1.29, 1.82) is 0 Å². The molecule has 36 heavy (non-hydrogen) atoms. The predicted octanol–water partition coefficient (Wildman–Crippen LogP) is -0.143. The number of carbonyl (C=O) groups excluding carboxylic acids is 6. The van der Waals surface area contributed by atoms with E-state index in [1.165, 1.54) is 16.7 Å². The van der Waals surface area contributed by atoms with E-state index in [1.807, 2.05) is 0 Å². The van der Waals surface area contributed by atoms with Gasteiger partial charge in [0.25, 0.3) is 0 Å². The zero-order chi connectivity index (χ0) is 28.0. The Morgan fingerprint density at radius 3 is 2.42 bits per heavy atom. The average molecular weight is 530 g/mol. The van der Waals surface area contributed by atoms with Gasteiger partial charge in [0.05, 0.1) is 5.25 Å². The van der Waals surface area contributed by atoms with E-state index in [-0.39, 0.29) is 61.7 Å². The Morgan fingerprint density at radius 2 is 1.83 bits per heavy atom. The first-order valence-corrected chi connectivity index (χ1v) is 13.4. The summed E-state index contributed by atoms with van der Waals surface area (Å²) in [6.07, 6.45) is 4.55. The molecule has 13 heteroatoms. The van der Waals surface area contributed by atoms with Crippen molar-refractivity contribution in [1.82, 2.24) is 26.2 Å². The standard InChI is InChI=1S/C23H40N6O6S/c1-14(2)19(21(33)27-15(20(32)25-3)9-8-11-26-23(24)35)28-17(30)10-6-5-7-12-29-18(31)13-16(36-4)22(29)34/h14-16,19H,5-13H2,1-4H3,(H,25,32)(H,27,33)(H,28,30)(H3,24,26,35)/t15-,16?,19-/m0/s1/i3D. The number of amides is 7. The van der Waals surface area contributed by atoms with Crippen molar-refractivity contribution in [2.24, 2.45) is 11.7 Å². The normalized spacial score (nSPS) is 17.4. The fourth-order valence-corrected chi connectivity index (χ4v) is 4.39. The van der Waals surface area contributed by atoms with E-state index >= 15 is 0 Å². The van der Waals surface area contributed by atoms with Crippen LogP contribution in [0.1, 0.15) is 60.2 Å². The summed E-state index contributed by atoms with van der Waals surface area (Å²) in [4.78, 5) is 73.9. The third-order valence-electron chi connectivity index (χ3n) is 5.81. The van der Waals surface area contributed by atoms with E-state index in [4.69, 9.17) is 7.10 Å². The van der Waals surface area contributed by atoms with Gasteiger partial charge < -0.3 is 27.0 Å². The number of nitrogens with two attached hydrogens (primary N) is 1. The molecule has 1 fully saturated rings. The van der Waals surface area contributed by atoms with Crippen LogP contribution in [0.3, 0.4) is 0 Å². The molecule has 3 atom stereocenters. The van der Waals surface area contributed by atoms with Gasteiger partial charge in [-0.05, 0) is 37.9 Å². The van der Waals surface area contributed by atoms with E-state index < -0.39 is 29.9 Å². The van der Waals surface area contributed by atoms with Gasteiger partial charge in [0.2, 0.25) is 29.5 Å². The summed E-state index contributed by atoms with van der Waals surface area (Å²) in [6.45, 7) is 4.10. The van der Waals surface area contributed by atoms with Gasteiger partial charge in [-0.15, -0.1) is 0 Å². The number of nitrogens with zero attached hydrogens (tertiary/aromatic N) is 1. The molecule has 0 saturated carbocycles. The van der Waals surface area contributed by atoms with Gasteiger partial charge in [0.15, 0.2) is 0 Å². The van der Waals surface area contributed by atoms with Crippen molar-refractivity contribution in [3.63, 3.8) is 0 Å². The summed E-state index contributed by atoms with van der Waals surface area (Å²) >= 11 is 1.37. The first kappa shape index (κ1) is 29.4. The second kappa shape index (κ2) is 16.0. The van der Waals surface area contributed by atoms with E-state index in [1.54, 1.807) is 20.1 Å². The highest BCUT2D eigenvalue weighted by Crippen LogP contribution is 2.23. The lowest BCUT2D eigenvalue weighted by Crippen LogP contribution is -2.55. The van der Waals surface area contributed by atoms with Crippen LogP contribution in [-0.4, -0.2) is 84.2 Å². The number of rotatable bonds is 16. The Morgan fingerprint density at radius 1 is 1.11 bits per heavy atom. The van der Waals surface area contributed by atoms with Crippen molar-refractivity contribution in [2.45, 2.75) is 76.1 Å². The second-order valence-electron chi connectivity index (χ2n) is 8.95. The average Bonchev–Trinajstić information content (AvgIpc) is 3.11. The van der Waals surface area contributed by atoms with Crippen LogP contribution in [-0.2, 0) is 24.0 Å². The Balaban J connectivity index is 2.52. The molecule has 0 radical (unpaired) electrons. The largest absolute Gasteiger partial charge is 0.357 e. The highest BCUT2D eigenvalue weighted by atomic mass is 32.2. The first-order chi connectivity index (χ1) is 17.5. The molecular formula is C23H40N6O6S. The predicted molar refractivity (Wildman–Crippen MR) is 137 cm³/mol. The van der Waals surface area contributed by atoms with Crippen molar-refractivity contribution < 1.29 is 30.1 Å². The second-order valence-corrected chi connectivity index (χ2v) is 9.99. The number of hydrogen-bond donors (Lipinski definition) is 5. The molecule has 0 aromatic carbocycles. The van der Waals surface area contributed by atoms with Gasteiger partial charge in [-0.2, -0.15) is 11.8 Å². The number of carbonyl (C=O) groups is 6. The highest BCUT2D eigenvalue weighted by Gasteiger charge is 2.37. The minimum absolute atomic E-state index is 0.153. The van der Waals surface area contributed by atoms with Crippen molar-refractivity contribution in [2.75, 3.05) is 26.4 Å². The van der Waals surface area contributed by atoms with Gasteiger partial charge in [-0.25, -0.2) is 4.79 Å². The minimum atomic E-state index is -0.938. The van der Waals surface area contributed by atoms with Crippen molar-refractivity contribution >= 4 is 47.3 Å². The molecule has 1 rings (SSSR count). The minimum Gasteiger partial charge on any atom is -0.357 e. The fraction of sp³-hybridized carbons (Fsp3) is 0.739. The zero-order valence-corrected chi connectivity index (χ0v) is 22.1. The van der Waals surface area contributed by atoms with Crippen LogP contribution in [0, 0.1) is 5.92 Å². The number of thioether (sulfide) groups is 1. The van der Waals surface area contributed by atoms with Crippen LogP contribution in [0.2, 0.25) is 0 Å². The summed E-state index contributed by atoms with van der Waals surface area (Å²) < 4.78 is 7.19. The van der Waals surface area contributed by atoms with Crippen molar-refractivity contribution in [3.8, 4) is 0 Å². The molecule has 0 aromatic rings. The van der Waals surface area contributed by atoms with Crippen LogP contribution in [0.5, 0.6) is 0 Å². The summed E-state index contributed by atoms with van der Waals surface area (Å²) in [5.74, 6) is -1.94. The molecule has 1 heterocycles. The maximum absolute atomic E-state index is 12.9. The van der Waals surface area contributed by atoms with E-state index in [0.29, 0.717) is 32.2 Å². The molecule has 1 aliphatic heterocycles. The van der Waals surface area contributed by atoms with E-state index in [0.717, 1.165) is 0 Å². The maximum Gasteiger partial charge on any atom is 0.312 e.